The lowest BCUT2D eigenvalue weighted by atomic mass is 10.2. The predicted molar refractivity (Wildman–Crippen MR) is 107 cm³/mol. The monoisotopic (exact) mass is 560 g/mol. The standard InChI is InChI=1S/C15H19Br3N2O4S/c1-2-13(20-6-8-24-9-7-20)19-14(21)11-4-3-5-12(10-11)25(22,23)15(16,17)18/h3-5,10,13H,2,6-9H2,1H3,(H,19,21). The molecule has 1 unspecified atom stereocenters. The minimum Gasteiger partial charge on any atom is -0.379 e. The minimum atomic E-state index is -3.74. The first-order valence-corrected chi connectivity index (χ1v) is 11.6. The summed E-state index contributed by atoms with van der Waals surface area (Å²) in [5.41, 5.74) is 0.296. The number of hydrogen-bond donors (Lipinski definition) is 1. The van der Waals surface area contributed by atoms with Crippen molar-refractivity contribution in [3.05, 3.63) is 29.8 Å². The molecule has 1 heterocycles. The Hall–Kier alpha value is -0.000000000000000264. The van der Waals surface area contributed by atoms with Crippen LogP contribution in [0.15, 0.2) is 29.2 Å². The van der Waals surface area contributed by atoms with Crippen LogP contribution in [-0.4, -0.2) is 53.2 Å². The van der Waals surface area contributed by atoms with E-state index in [1.54, 1.807) is 12.1 Å². The molecule has 1 saturated heterocycles. The van der Waals surface area contributed by atoms with Gasteiger partial charge in [-0.05, 0) is 72.4 Å². The van der Waals surface area contributed by atoms with Gasteiger partial charge in [-0.1, -0.05) is 13.0 Å². The molecule has 1 aromatic rings. The Morgan fingerprint density at radius 1 is 1.32 bits per heavy atom. The molecule has 2 rings (SSSR count). The Morgan fingerprint density at radius 2 is 1.96 bits per heavy atom. The van der Waals surface area contributed by atoms with E-state index in [2.05, 4.69) is 58.0 Å². The van der Waals surface area contributed by atoms with Crippen LogP contribution in [0.1, 0.15) is 23.7 Å². The molecule has 0 aromatic heterocycles. The quantitative estimate of drug-likeness (QED) is 0.558. The van der Waals surface area contributed by atoms with Crippen molar-refractivity contribution in [2.75, 3.05) is 26.3 Å². The predicted octanol–water partition coefficient (Wildman–Crippen LogP) is 3.05. The smallest absolute Gasteiger partial charge is 0.252 e. The maximum atomic E-state index is 12.6. The van der Waals surface area contributed by atoms with E-state index >= 15 is 0 Å². The molecule has 6 nitrogen and oxygen atoms in total. The second-order valence-corrected chi connectivity index (χ2v) is 15.9. The van der Waals surface area contributed by atoms with Gasteiger partial charge in [0.2, 0.25) is 11.3 Å². The molecule has 1 N–H and O–H groups in total. The Kier molecular flexibility index (Phi) is 7.49. The van der Waals surface area contributed by atoms with Gasteiger partial charge in [0.05, 0.1) is 24.3 Å². The van der Waals surface area contributed by atoms with Crippen molar-refractivity contribution in [1.29, 1.82) is 0 Å². The van der Waals surface area contributed by atoms with Crippen LogP contribution in [0.5, 0.6) is 0 Å². The summed E-state index contributed by atoms with van der Waals surface area (Å²) in [7, 11) is -3.74. The van der Waals surface area contributed by atoms with E-state index in [4.69, 9.17) is 4.74 Å². The van der Waals surface area contributed by atoms with Gasteiger partial charge in [-0.25, -0.2) is 8.42 Å². The zero-order valence-electron chi connectivity index (χ0n) is 13.5. The highest BCUT2D eigenvalue weighted by atomic mass is 80.0. The van der Waals surface area contributed by atoms with Gasteiger partial charge < -0.3 is 10.1 Å². The van der Waals surface area contributed by atoms with Crippen LogP contribution in [0.25, 0.3) is 0 Å². The molecule has 1 amide bonds. The largest absolute Gasteiger partial charge is 0.379 e. The van der Waals surface area contributed by atoms with Crippen molar-refractivity contribution in [2.45, 2.75) is 25.9 Å². The maximum absolute atomic E-state index is 12.6. The van der Waals surface area contributed by atoms with Crippen LogP contribution in [0.3, 0.4) is 0 Å². The molecule has 1 fully saturated rings. The lowest BCUT2D eigenvalue weighted by molar-refractivity contribution is 0.00827. The van der Waals surface area contributed by atoms with Crippen molar-refractivity contribution >= 4 is 63.5 Å². The van der Waals surface area contributed by atoms with Crippen LogP contribution < -0.4 is 5.32 Å². The third-order valence-corrected chi connectivity index (χ3v) is 9.20. The van der Waals surface area contributed by atoms with Gasteiger partial charge in [0.15, 0.2) is 0 Å². The Labute approximate surface area is 173 Å². The third-order valence-electron chi connectivity index (χ3n) is 3.88. The van der Waals surface area contributed by atoms with Gasteiger partial charge in [0, 0.05) is 18.7 Å². The Morgan fingerprint density at radius 3 is 2.52 bits per heavy atom. The van der Waals surface area contributed by atoms with Crippen molar-refractivity contribution in [3.63, 3.8) is 0 Å². The van der Waals surface area contributed by atoms with E-state index in [1.165, 1.54) is 12.1 Å². The van der Waals surface area contributed by atoms with Crippen LogP contribution in [0.4, 0.5) is 0 Å². The number of halogens is 3. The SMILES string of the molecule is CCC(NC(=O)c1cccc(S(=O)(=O)C(Br)(Br)Br)c1)N1CCOCC1. The molecule has 1 aliphatic rings. The average Bonchev–Trinajstić information content (AvgIpc) is 2.59. The van der Waals surface area contributed by atoms with E-state index in [0.717, 1.165) is 19.5 Å². The van der Waals surface area contributed by atoms with Crippen LogP contribution >= 0.6 is 47.8 Å². The molecule has 25 heavy (non-hydrogen) atoms. The average molecular weight is 563 g/mol. The van der Waals surface area contributed by atoms with Gasteiger partial charge in [0.25, 0.3) is 5.91 Å². The molecule has 1 aliphatic heterocycles. The van der Waals surface area contributed by atoms with Gasteiger partial charge in [-0.3, -0.25) is 9.69 Å². The van der Waals surface area contributed by atoms with E-state index in [9.17, 15) is 13.2 Å². The summed E-state index contributed by atoms with van der Waals surface area (Å²) < 4.78 is 28.8. The van der Waals surface area contributed by atoms with Gasteiger partial charge in [0.1, 0.15) is 0 Å². The summed E-state index contributed by atoms with van der Waals surface area (Å²) in [5.74, 6) is -0.306. The molecule has 0 bridgehead atoms. The number of carbonyl (C=O) groups is 1. The zero-order valence-corrected chi connectivity index (χ0v) is 19.1. The highest BCUT2D eigenvalue weighted by Gasteiger charge is 2.37. The number of nitrogens with zero attached hydrogens (tertiary/aromatic N) is 1. The highest BCUT2D eigenvalue weighted by molar-refractivity contribution is 9.42. The number of amides is 1. The summed E-state index contributed by atoms with van der Waals surface area (Å²) in [6.07, 6.45) is 0.635. The zero-order chi connectivity index (χ0) is 18.7. The summed E-state index contributed by atoms with van der Waals surface area (Å²) in [4.78, 5) is 14.8. The molecule has 0 spiro atoms. The molecule has 10 heteroatoms. The molecule has 1 aromatic carbocycles. The first-order valence-electron chi connectivity index (χ1n) is 7.71. The van der Waals surface area contributed by atoms with Gasteiger partial charge >= 0.3 is 0 Å². The number of rotatable bonds is 5. The molecular weight excluding hydrogens is 544 g/mol. The van der Waals surface area contributed by atoms with Crippen molar-refractivity contribution in [2.24, 2.45) is 0 Å². The molecular formula is C15H19Br3N2O4S. The fraction of sp³-hybridized carbons (Fsp3) is 0.533. The normalized spacial score (nSPS) is 17.9. The van der Waals surface area contributed by atoms with Gasteiger partial charge in [-0.2, -0.15) is 0 Å². The number of morpholine rings is 1. The lowest BCUT2D eigenvalue weighted by Gasteiger charge is -2.34. The van der Waals surface area contributed by atoms with E-state index < -0.39 is 11.3 Å². The summed E-state index contributed by atoms with van der Waals surface area (Å²) >= 11 is 9.08. The number of hydrogen-bond acceptors (Lipinski definition) is 5. The second kappa shape index (κ2) is 8.79. The number of nitrogens with one attached hydrogen (secondary N) is 1. The molecule has 140 valence electrons. The maximum Gasteiger partial charge on any atom is 0.252 e. The van der Waals surface area contributed by atoms with Crippen LogP contribution in [0.2, 0.25) is 0 Å². The van der Waals surface area contributed by atoms with Crippen molar-refractivity contribution in [3.8, 4) is 0 Å². The highest BCUT2D eigenvalue weighted by Crippen LogP contribution is 2.43. The topological polar surface area (TPSA) is 75.7 Å². The molecule has 0 saturated carbocycles. The fourth-order valence-corrected chi connectivity index (χ4v) is 5.00. The van der Waals surface area contributed by atoms with Crippen LogP contribution in [-0.2, 0) is 14.6 Å². The lowest BCUT2D eigenvalue weighted by Crippen LogP contribution is -2.52. The third kappa shape index (κ3) is 5.26. The number of carbonyl (C=O) groups excluding carboxylic acids is 1. The van der Waals surface area contributed by atoms with Crippen molar-refractivity contribution in [1.82, 2.24) is 10.2 Å². The number of sulfone groups is 1. The second-order valence-electron chi connectivity index (χ2n) is 5.52. The first kappa shape index (κ1) is 21.3. The first-order chi connectivity index (χ1) is 11.7. The van der Waals surface area contributed by atoms with Crippen LogP contribution in [0, 0.1) is 0 Å². The van der Waals surface area contributed by atoms with E-state index in [0.29, 0.717) is 18.8 Å². The number of alkyl halides is 3. The minimum absolute atomic E-state index is 0.0326. The van der Waals surface area contributed by atoms with Gasteiger partial charge in [-0.15, -0.1) is 0 Å². The number of ether oxygens (including phenoxy) is 1. The Balaban J connectivity index is 2.18. The summed E-state index contributed by atoms with van der Waals surface area (Å²) in [6, 6.07) is 5.97. The Bertz CT molecular complexity index is 716. The van der Waals surface area contributed by atoms with E-state index in [1.807, 2.05) is 6.92 Å². The van der Waals surface area contributed by atoms with E-state index in [-0.39, 0.29) is 17.0 Å². The fourth-order valence-electron chi connectivity index (χ4n) is 2.51. The number of benzene rings is 1. The summed E-state index contributed by atoms with van der Waals surface area (Å²) in [5, 5.41) is 2.97. The molecule has 0 aliphatic carbocycles. The summed E-state index contributed by atoms with van der Waals surface area (Å²) in [6.45, 7) is 4.79. The molecule has 1 atom stereocenters. The van der Waals surface area contributed by atoms with Crippen molar-refractivity contribution < 1.29 is 17.9 Å². The molecule has 0 radical (unpaired) electrons.